The Balaban J connectivity index is 2.53. The van der Waals surface area contributed by atoms with Gasteiger partial charge in [-0.1, -0.05) is 47.5 Å². The number of hydrogen-bond donors (Lipinski definition) is 1. The largest absolute Gasteiger partial charge is 0.318 e. The van der Waals surface area contributed by atoms with Gasteiger partial charge in [-0.25, -0.2) is 4.39 Å². The summed E-state index contributed by atoms with van der Waals surface area (Å²) in [5.74, 6) is -0.258. The highest BCUT2D eigenvalue weighted by molar-refractivity contribution is 5.40. The van der Waals surface area contributed by atoms with Crippen molar-refractivity contribution in [3.63, 3.8) is 0 Å². The molecule has 2 rings (SSSR count). The van der Waals surface area contributed by atoms with Crippen LogP contribution in [-0.2, 0) is 5.54 Å². The molecule has 1 atom stereocenters. The number of rotatable bonds is 2. The van der Waals surface area contributed by atoms with Crippen LogP contribution in [0.2, 0.25) is 0 Å². The second kappa shape index (κ2) is 4.54. The third kappa shape index (κ3) is 2.29. The van der Waals surface area contributed by atoms with E-state index in [0.29, 0.717) is 5.56 Å². The predicted molar refractivity (Wildman–Crippen MR) is 73.0 cm³/mol. The van der Waals surface area contributed by atoms with E-state index in [1.54, 1.807) is 6.07 Å². The Labute approximate surface area is 107 Å². The molecular formula is C16H18FN. The average molecular weight is 243 g/mol. The van der Waals surface area contributed by atoms with Crippen LogP contribution in [0.15, 0.2) is 42.5 Å². The molecule has 2 aromatic carbocycles. The van der Waals surface area contributed by atoms with Crippen molar-refractivity contribution in [1.82, 2.24) is 0 Å². The minimum absolute atomic E-state index is 0.258. The van der Waals surface area contributed by atoms with Crippen LogP contribution >= 0.6 is 0 Å². The molecule has 0 radical (unpaired) electrons. The molecule has 94 valence electrons. The summed E-state index contributed by atoms with van der Waals surface area (Å²) in [5, 5.41) is 0. The molecule has 0 bridgehead atoms. The molecule has 2 heteroatoms. The molecule has 2 aromatic rings. The lowest BCUT2D eigenvalue weighted by Crippen LogP contribution is -2.35. The third-order valence-electron chi connectivity index (χ3n) is 3.33. The fourth-order valence-electron chi connectivity index (χ4n) is 2.09. The Kier molecular flexibility index (Phi) is 3.22. The van der Waals surface area contributed by atoms with Crippen molar-refractivity contribution in [2.45, 2.75) is 26.3 Å². The highest BCUT2D eigenvalue weighted by atomic mass is 19.1. The third-order valence-corrected chi connectivity index (χ3v) is 3.33. The molecule has 0 aliphatic rings. The van der Waals surface area contributed by atoms with E-state index in [0.717, 1.165) is 11.1 Å². The molecule has 0 aromatic heterocycles. The topological polar surface area (TPSA) is 26.0 Å². The van der Waals surface area contributed by atoms with Gasteiger partial charge in [0.2, 0.25) is 0 Å². The second-order valence-electron chi connectivity index (χ2n) is 5.05. The summed E-state index contributed by atoms with van der Waals surface area (Å²) in [6.07, 6.45) is 0. The number of nitrogens with two attached hydrogens (primary N) is 1. The van der Waals surface area contributed by atoms with Gasteiger partial charge in [0.05, 0.1) is 5.54 Å². The highest BCUT2D eigenvalue weighted by Gasteiger charge is 2.26. The van der Waals surface area contributed by atoms with E-state index < -0.39 is 5.54 Å². The van der Waals surface area contributed by atoms with Crippen molar-refractivity contribution in [1.29, 1.82) is 0 Å². The average Bonchev–Trinajstić information content (AvgIpc) is 2.32. The monoisotopic (exact) mass is 243 g/mol. The van der Waals surface area contributed by atoms with Crippen LogP contribution in [0.3, 0.4) is 0 Å². The number of benzene rings is 2. The minimum atomic E-state index is -0.816. The zero-order valence-corrected chi connectivity index (χ0v) is 11.0. The first-order valence-corrected chi connectivity index (χ1v) is 6.04. The quantitative estimate of drug-likeness (QED) is 0.855. The van der Waals surface area contributed by atoms with Crippen molar-refractivity contribution in [2.24, 2.45) is 5.73 Å². The highest BCUT2D eigenvalue weighted by Crippen LogP contribution is 2.29. The zero-order valence-electron chi connectivity index (χ0n) is 11.0. The smallest absolute Gasteiger partial charge is 0.128 e. The van der Waals surface area contributed by atoms with Crippen LogP contribution in [-0.4, -0.2) is 0 Å². The Morgan fingerprint density at radius 1 is 0.944 bits per heavy atom. The SMILES string of the molecule is Cc1ccc(C(C)(N)c2cc(C)ccc2F)cc1. The van der Waals surface area contributed by atoms with Gasteiger partial charge in [0.15, 0.2) is 0 Å². The van der Waals surface area contributed by atoms with Crippen LogP contribution in [0.1, 0.15) is 29.2 Å². The van der Waals surface area contributed by atoms with Gasteiger partial charge in [0.25, 0.3) is 0 Å². The molecule has 18 heavy (non-hydrogen) atoms. The van der Waals surface area contributed by atoms with E-state index in [1.165, 1.54) is 11.6 Å². The molecule has 0 saturated heterocycles. The van der Waals surface area contributed by atoms with Crippen LogP contribution < -0.4 is 5.73 Å². The predicted octanol–water partition coefficient (Wildman–Crippen LogP) is 3.66. The maximum absolute atomic E-state index is 14.0. The molecule has 0 aliphatic carbocycles. The standard InChI is InChI=1S/C16H18FN/c1-11-4-7-13(8-5-11)16(3,18)14-10-12(2)6-9-15(14)17/h4-10H,18H2,1-3H3. The zero-order chi connectivity index (χ0) is 13.3. The van der Waals surface area contributed by atoms with Gasteiger partial charge in [-0.15, -0.1) is 0 Å². The summed E-state index contributed by atoms with van der Waals surface area (Å²) in [7, 11) is 0. The summed E-state index contributed by atoms with van der Waals surface area (Å²) >= 11 is 0. The van der Waals surface area contributed by atoms with E-state index in [1.807, 2.05) is 51.1 Å². The summed E-state index contributed by atoms with van der Waals surface area (Å²) < 4.78 is 14.0. The molecule has 0 aliphatic heterocycles. The molecule has 2 N–H and O–H groups in total. The fourth-order valence-corrected chi connectivity index (χ4v) is 2.09. The minimum Gasteiger partial charge on any atom is -0.318 e. The van der Waals surface area contributed by atoms with Crippen LogP contribution in [0.25, 0.3) is 0 Å². The molecule has 0 amide bonds. The lowest BCUT2D eigenvalue weighted by atomic mass is 9.84. The Morgan fingerprint density at radius 2 is 1.50 bits per heavy atom. The van der Waals surface area contributed by atoms with Gasteiger partial charge >= 0.3 is 0 Å². The van der Waals surface area contributed by atoms with Crippen LogP contribution in [0.5, 0.6) is 0 Å². The Hall–Kier alpha value is -1.67. The van der Waals surface area contributed by atoms with E-state index >= 15 is 0 Å². The Bertz CT molecular complexity index is 556. The van der Waals surface area contributed by atoms with E-state index in [4.69, 9.17) is 5.73 Å². The van der Waals surface area contributed by atoms with E-state index in [9.17, 15) is 4.39 Å². The molecule has 1 unspecified atom stereocenters. The van der Waals surface area contributed by atoms with Crippen LogP contribution in [0.4, 0.5) is 4.39 Å². The fraction of sp³-hybridized carbons (Fsp3) is 0.250. The molecule has 0 heterocycles. The van der Waals surface area contributed by atoms with Gasteiger partial charge in [-0.2, -0.15) is 0 Å². The summed E-state index contributed by atoms with van der Waals surface area (Å²) in [6.45, 7) is 5.80. The van der Waals surface area contributed by atoms with Gasteiger partial charge in [0.1, 0.15) is 5.82 Å². The molecular weight excluding hydrogens is 225 g/mol. The molecule has 0 saturated carbocycles. The molecule has 1 nitrogen and oxygen atoms in total. The number of halogens is 1. The van der Waals surface area contributed by atoms with Gasteiger partial charge in [0, 0.05) is 5.56 Å². The van der Waals surface area contributed by atoms with E-state index in [-0.39, 0.29) is 5.82 Å². The Morgan fingerprint density at radius 3 is 2.11 bits per heavy atom. The summed E-state index contributed by atoms with van der Waals surface area (Å²) in [4.78, 5) is 0. The van der Waals surface area contributed by atoms with Gasteiger partial charge in [-0.3, -0.25) is 0 Å². The number of hydrogen-bond acceptors (Lipinski definition) is 1. The maximum Gasteiger partial charge on any atom is 0.128 e. The first kappa shape index (κ1) is 12.8. The van der Waals surface area contributed by atoms with Crippen molar-refractivity contribution in [2.75, 3.05) is 0 Å². The lowest BCUT2D eigenvalue weighted by molar-refractivity contribution is 0.530. The van der Waals surface area contributed by atoms with Crippen molar-refractivity contribution < 1.29 is 4.39 Å². The summed E-state index contributed by atoms with van der Waals surface area (Å²) in [6, 6.07) is 12.9. The summed E-state index contributed by atoms with van der Waals surface area (Å²) in [5.41, 5.74) is 9.15. The van der Waals surface area contributed by atoms with Gasteiger partial charge in [-0.05, 0) is 32.4 Å². The molecule has 0 fully saturated rings. The van der Waals surface area contributed by atoms with E-state index in [2.05, 4.69) is 0 Å². The first-order valence-electron chi connectivity index (χ1n) is 6.04. The van der Waals surface area contributed by atoms with Crippen LogP contribution in [0, 0.1) is 19.7 Å². The first-order chi connectivity index (χ1) is 8.41. The van der Waals surface area contributed by atoms with Crippen molar-refractivity contribution >= 4 is 0 Å². The maximum atomic E-state index is 14.0. The van der Waals surface area contributed by atoms with Crippen molar-refractivity contribution in [3.05, 3.63) is 70.5 Å². The number of aryl methyl sites for hydroxylation is 2. The van der Waals surface area contributed by atoms with Gasteiger partial charge < -0.3 is 5.73 Å². The second-order valence-corrected chi connectivity index (χ2v) is 5.05. The van der Waals surface area contributed by atoms with Crippen molar-refractivity contribution in [3.8, 4) is 0 Å². The lowest BCUT2D eigenvalue weighted by Gasteiger charge is -2.27. The molecule has 0 spiro atoms. The normalized spacial score (nSPS) is 14.3.